The van der Waals surface area contributed by atoms with Crippen LogP contribution in [0.2, 0.25) is 0 Å². The van der Waals surface area contributed by atoms with Crippen molar-refractivity contribution in [2.24, 2.45) is 11.3 Å². The van der Waals surface area contributed by atoms with Gasteiger partial charge in [0, 0.05) is 10.9 Å². The van der Waals surface area contributed by atoms with E-state index in [9.17, 15) is 14.4 Å². The maximum Gasteiger partial charge on any atom is 0.319 e. The van der Waals surface area contributed by atoms with Crippen molar-refractivity contribution in [2.45, 2.75) is 32.8 Å². The monoisotopic (exact) mass is 382 g/mol. The lowest BCUT2D eigenvalue weighted by Crippen LogP contribution is -2.47. The third-order valence-corrected chi connectivity index (χ3v) is 4.68. The van der Waals surface area contributed by atoms with E-state index >= 15 is 0 Å². The Kier molecular flexibility index (Phi) is 5.24. The molecule has 5 nitrogen and oxygen atoms in total. The van der Waals surface area contributed by atoms with Gasteiger partial charge in [-0.15, -0.1) is 0 Å². The van der Waals surface area contributed by atoms with E-state index in [4.69, 9.17) is 4.74 Å². The fourth-order valence-corrected chi connectivity index (χ4v) is 2.92. The van der Waals surface area contributed by atoms with Crippen LogP contribution in [0.15, 0.2) is 28.7 Å². The van der Waals surface area contributed by atoms with Gasteiger partial charge < -0.3 is 9.47 Å². The van der Waals surface area contributed by atoms with Crippen LogP contribution < -0.4 is 0 Å². The Bertz CT molecular complexity index is 620. The summed E-state index contributed by atoms with van der Waals surface area (Å²) in [6, 6.07) is 7.26. The average Bonchev–Trinajstić information content (AvgIpc) is 2.52. The van der Waals surface area contributed by atoms with E-state index in [-0.39, 0.29) is 24.6 Å². The van der Waals surface area contributed by atoms with Crippen molar-refractivity contribution in [1.82, 2.24) is 0 Å². The molecule has 0 aliphatic carbocycles. The van der Waals surface area contributed by atoms with Gasteiger partial charge in [-0.2, -0.15) is 0 Å². The standard InChI is InChI=1S/C17H19BrO5/c1-17(2)15(20)12(8-9-13(19)22-3)14(23-16(17)21)10-4-6-11(18)7-5-10/h4-7,12,14H,8-9H2,1-3H3. The van der Waals surface area contributed by atoms with Crippen molar-refractivity contribution in [3.8, 4) is 0 Å². The van der Waals surface area contributed by atoms with Crippen molar-refractivity contribution in [2.75, 3.05) is 7.11 Å². The number of cyclic esters (lactones) is 1. The summed E-state index contributed by atoms with van der Waals surface area (Å²) < 4.78 is 11.1. The van der Waals surface area contributed by atoms with E-state index in [2.05, 4.69) is 20.7 Å². The lowest BCUT2D eigenvalue weighted by atomic mass is 9.73. The molecule has 0 spiro atoms. The summed E-state index contributed by atoms with van der Waals surface area (Å²) in [6.45, 7) is 3.11. The highest BCUT2D eigenvalue weighted by atomic mass is 79.9. The SMILES string of the molecule is COC(=O)CCC1C(=O)C(C)(C)C(=O)OC1c1ccc(Br)cc1. The highest BCUT2D eigenvalue weighted by molar-refractivity contribution is 9.10. The third-order valence-electron chi connectivity index (χ3n) is 4.15. The molecule has 1 saturated heterocycles. The zero-order valence-electron chi connectivity index (χ0n) is 13.3. The van der Waals surface area contributed by atoms with Crippen LogP contribution in [0.5, 0.6) is 0 Å². The summed E-state index contributed by atoms with van der Waals surface area (Å²) >= 11 is 3.35. The van der Waals surface area contributed by atoms with E-state index in [0.717, 1.165) is 10.0 Å². The Morgan fingerprint density at radius 1 is 1.26 bits per heavy atom. The molecule has 1 aliphatic rings. The quantitative estimate of drug-likeness (QED) is 0.590. The van der Waals surface area contributed by atoms with E-state index in [1.165, 1.54) is 7.11 Å². The number of benzene rings is 1. The first-order chi connectivity index (χ1) is 10.8. The summed E-state index contributed by atoms with van der Waals surface area (Å²) in [5, 5.41) is 0. The number of ether oxygens (including phenoxy) is 2. The lowest BCUT2D eigenvalue weighted by Gasteiger charge is -2.38. The second-order valence-corrected chi connectivity index (χ2v) is 7.00. The number of Topliss-reactive ketones (excluding diaryl/α,β-unsaturated/α-hetero) is 1. The fourth-order valence-electron chi connectivity index (χ4n) is 2.66. The Morgan fingerprint density at radius 2 is 1.87 bits per heavy atom. The number of esters is 2. The number of rotatable bonds is 4. The molecule has 0 amide bonds. The van der Waals surface area contributed by atoms with Crippen LogP contribution in [0, 0.1) is 11.3 Å². The minimum absolute atomic E-state index is 0.105. The third kappa shape index (κ3) is 3.63. The van der Waals surface area contributed by atoms with Crippen molar-refractivity contribution in [3.63, 3.8) is 0 Å². The molecule has 2 unspecified atom stereocenters. The van der Waals surface area contributed by atoms with Gasteiger partial charge in [0.2, 0.25) is 0 Å². The summed E-state index contributed by atoms with van der Waals surface area (Å²) in [5.74, 6) is -1.69. The molecule has 0 saturated carbocycles. The largest absolute Gasteiger partial charge is 0.469 e. The van der Waals surface area contributed by atoms with E-state index in [0.29, 0.717) is 0 Å². The summed E-state index contributed by atoms with van der Waals surface area (Å²) in [6.07, 6.45) is -0.294. The van der Waals surface area contributed by atoms with Gasteiger partial charge >= 0.3 is 11.9 Å². The number of hydrogen-bond donors (Lipinski definition) is 0. The molecule has 1 fully saturated rings. The molecule has 1 aliphatic heterocycles. The molecule has 1 aromatic rings. The zero-order chi connectivity index (χ0) is 17.2. The van der Waals surface area contributed by atoms with E-state index in [1.54, 1.807) is 26.0 Å². The van der Waals surface area contributed by atoms with Crippen LogP contribution in [0.25, 0.3) is 0 Å². The molecule has 0 bridgehead atoms. The van der Waals surface area contributed by atoms with Gasteiger partial charge in [0.15, 0.2) is 5.78 Å². The Morgan fingerprint density at radius 3 is 2.43 bits per heavy atom. The second-order valence-electron chi connectivity index (χ2n) is 6.09. The molecule has 0 aromatic heterocycles. The number of halogens is 1. The van der Waals surface area contributed by atoms with Gasteiger partial charge in [-0.05, 0) is 38.0 Å². The molecule has 23 heavy (non-hydrogen) atoms. The van der Waals surface area contributed by atoms with Crippen LogP contribution >= 0.6 is 15.9 Å². The molecule has 0 radical (unpaired) electrons. The maximum atomic E-state index is 12.7. The maximum absolute atomic E-state index is 12.7. The van der Waals surface area contributed by atoms with Crippen LogP contribution in [0.1, 0.15) is 38.4 Å². The summed E-state index contributed by atoms with van der Waals surface area (Å²) in [7, 11) is 1.31. The highest BCUT2D eigenvalue weighted by Crippen LogP contribution is 2.42. The minimum Gasteiger partial charge on any atom is -0.469 e. The van der Waals surface area contributed by atoms with Crippen molar-refractivity contribution >= 4 is 33.7 Å². The van der Waals surface area contributed by atoms with Crippen molar-refractivity contribution < 1.29 is 23.9 Å². The van der Waals surface area contributed by atoms with Gasteiger partial charge in [0.1, 0.15) is 11.5 Å². The molecular formula is C17H19BrO5. The second kappa shape index (κ2) is 6.83. The summed E-state index contributed by atoms with van der Waals surface area (Å²) in [4.78, 5) is 36.3. The fraction of sp³-hybridized carbons (Fsp3) is 0.471. The van der Waals surface area contributed by atoms with Crippen LogP contribution in [-0.4, -0.2) is 24.8 Å². The van der Waals surface area contributed by atoms with E-state index < -0.39 is 23.4 Å². The Hall–Kier alpha value is -1.69. The molecule has 6 heteroatoms. The number of carbonyl (C=O) groups is 3. The summed E-state index contributed by atoms with van der Waals surface area (Å²) in [5.41, 5.74) is -0.465. The van der Waals surface area contributed by atoms with Gasteiger partial charge in [-0.1, -0.05) is 28.1 Å². The normalized spacial score (nSPS) is 23.3. The van der Waals surface area contributed by atoms with Crippen LogP contribution in [0.3, 0.4) is 0 Å². The molecule has 2 rings (SSSR count). The topological polar surface area (TPSA) is 69.7 Å². The zero-order valence-corrected chi connectivity index (χ0v) is 14.9. The predicted molar refractivity (Wildman–Crippen MR) is 86.5 cm³/mol. The number of methoxy groups -OCH3 is 1. The number of carbonyl (C=O) groups excluding carboxylic acids is 3. The number of hydrogen-bond acceptors (Lipinski definition) is 5. The molecule has 0 N–H and O–H groups in total. The smallest absolute Gasteiger partial charge is 0.319 e. The predicted octanol–water partition coefficient (Wildman–Crippen LogP) is 3.21. The van der Waals surface area contributed by atoms with Crippen molar-refractivity contribution in [3.05, 3.63) is 34.3 Å². The molecule has 1 aromatic carbocycles. The van der Waals surface area contributed by atoms with Crippen molar-refractivity contribution in [1.29, 1.82) is 0 Å². The van der Waals surface area contributed by atoms with Gasteiger partial charge in [0.05, 0.1) is 13.0 Å². The molecule has 2 atom stereocenters. The highest BCUT2D eigenvalue weighted by Gasteiger charge is 2.50. The van der Waals surface area contributed by atoms with Gasteiger partial charge in [-0.25, -0.2) is 0 Å². The van der Waals surface area contributed by atoms with Gasteiger partial charge in [0.25, 0.3) is 0 Å². The van der Waals surface area contributed by atoms with E-state index in [1.807, 2.05) is 12.1 Å². The molecule has 1 heterocycles. The minimum atomic E-state index is -1.20. The number of ketones is 1. The molecular weight excluding hydrogens is 364 g/mol. The van der Waals surface area contributed by atoms with Crippen LogP contribution in [-0.2, 0) is 23.9 Å². The Labute approximate surface area is 143 Å². The van der Waals surface area contributed by atoms with Crippen LogP contribution in [0.4, 0.5) is 0 Å². The first-order valence-electron chi connectivity index (χ1n) is 7.35. The first-order valence-corrected chi connectivity index (χ1v) is 8.14. The molecule has 124 valence electrons. The first kappa shape index (κ1) is 17.7. The van der Waals surface area contributed by atoms with Gasteiger partial charge in [-0.3, -0.25) is 14.4 Å². The Balaban J connectivity index is 2.32. The average molecular weight is 383 g/mol. The lowest BCUT2D eigenvalue weighted by molar-refractivity contribution is -0.179.